The molecule has 0 bridgehead atoms. The summed E-state index contributed by atoms with van der Waals surface area (Å²) in [7, 11) is 0. The van der Waals surface area contributed by atoms with Crippen molar-refractivity contribution in [2.24, 2.45) is 4.99 Å². The fourth-order valence-corrected chi connectivity index (χ4v) is 4.64. The summed E-state index contributed by atoms with van der Waals surface area (Å²) in [6, 6.07) is 7.03. The van der Waals surface area contributed by atoms with Gasteiger partial charge in [-0.1, -0.05) is 0 Å². The van der Waals surface area contributed by atoms with E-state index in [1.807, 2.05) is 36.1 Å². The van der Waals surface area contributed by atoms with Gasteiger partial charge in [0.15, 0.2) is 0 Å². The molecule has 3 aromatic rings. The van der Waals surface area contributed by atoms with Gasteiger partial charge in [0.05, 0.1) is 18.9 Å². The summed E-state index contributed by atoms with van der Waals surface area (Å²) in [5, 5.41) is 15.1. The van der Waals surface area contributed by atoms with Crippen molar-refractivity contribution in [1.82, 2.24) is 25.0 Å². The predicted octanol–water partition coefficient (Wildman–Crippen LogP) is 2.81. The van der Waals surface area contributed by atoms with E-state index in [0.29, 0.717) is 18.9 Å². The maximum Gasteiger partial charge on any atom is 0.249 e. The first-order valence-electron chi connectivity index (χ1n) is 12.4. The Labute approximate surface area is 209 Å². The van der Waals surface area contributed by atoms with E-state index in [-0.39, 0.29) is 24.3 Å². The number of aromatic nitrogens is 3. The summed E-state index contributed by atoms with van der Waals surface area (Å²) < 4.78 is 5.67. The molecule has 1 aromatic carbocycles. The summed E-state index contributed by atoms with van der Waals surface area (Å²) in [6.07, 6.45) is 7.31. The minimum Gasteiger partial charge on any atom is -0.461 e. The van der Waals surface area contributed by atoms with Crippen LogP contribution in [0.1, 0.15) is 37.9 Å². The van der Waals surface area contributed by atoms with Crippen LogP contribution in [-0.2, 0) is 9.59 Å². The molecule has 2 N–H and O–H groups in total. The Morgan fingerprint density at radius 3 is 2.75 bits per heavy atom. The second-order valence-corrected chi connectivity index (χ2v) is 9.16. The predicted molar refractivity (Wildman–Crippen MR) is 135 cm³/mol. The molecule has 5 rings (SSSR count). The van der Waals surface area contributed by atoms with Crippen LogP contribution in [0.5, 0.6) is 0 Å². The molecule has 2 fully saturated rings. The van der Waals surface area contributed by atoms with Gasteiger partial charge in [-0.3, -0.25) is 14.9 Å². The number of rotatable bonds is 5. The quantitative estimate of drug-likeness (QED) is 0.413. The number of guanidine groups is 1. The molecule has 1 unspecified atom stereocenters. The fraction of sp³-hybridized carbons (Fsp3) is 0.440. The number of nitrogens with one attached hydrogen (secondary N) is 2. The number of hydrogen-bond donors (Lipinski definition) is 2. The first-order chi connectivity index (χ1) is 17.5. The zero-order valence-corrected chi connectivity index (χ0v) is 20.3. The third-order valence-corrected chi connectivity index (χ3v) is 6.44. The molecule has 2 amide bonds. The lowest BCUT2D eigenvalue weighted by Gasteiger charge is -2.25. The zero-order valence-electron chi connectivity index (χ0n) is 20.3. The molecule has 4 heterocycles. The topological polar surface area (TPSA) is 129 Å². The van der Waals surface area contributed by atoms with Crippen LogP contribution >= 0.6 is 0 Å². The van der Waals surface area contributed by atoms with Gasteiger partial charge in [-0.25, -0.2) is 9.98 Å². The standard InChI is InChI=1S/C25H30N8O3/c1-17-14-18-15-19(7-8-21(18)36-17)28-25(30-24-26-9-10-27-31-24)29-20-6-2-3-13-33(23(20)35)16-22(34)32-11-4-5-12-32/h7-10,14-15,20H,2-6,11-13,16H2,1H3,(H2,26,28,29,30,31). The van der Waals surface area contributed by atoms with Gasteiger partial charge in [0.25, 0.3) is 0 Å². The largest absolute Gasteiger partial charge is 0.461 e. The Kier molecular flexibility index (Phi) is 7.06. The number of aryl methyl sites for hydroxylation is 1. The molecule has 2 aromatic heterocycles. The molecular formula is C25H30N8O3. The highest BCUT2D eigenvalue weighted by Crippen LogP contribution is 2.23. The van der Waals surface area contributed by atoms with Crippen molar-refractivity contribution in [3.63, 3.8) is 0 Å². The van der Waals surface area contributed by atoms with E-state index in [1.54, 1.807) is 4.90 Å². The summed E-state index contributed by atoms with van der Waals surface area (Å²) in [5.74, 6) is 1.27. The van der Waals surface area contributed by atoms with Crippen molar-refractivity contribution in [2.45, 2.75) is 45.1 Å². The molecule has 1 atom stereocenters. The van der Waals surface area contributed by atoms with Gasteiger partial charge in [0.2, 0.25) is 23.7 Å². The zero-order chi connectivity index (χ0) is 24.9. The van der Waals surface area contributed by atoms with Crippen LogP contribution in [0.4, 0.5) is 11.6 Å². The van der Waals surface area contributed by atoms with E-state index in [1.165, 1.54) is 12.4 Å². The van der Waals surface area contributed by atoms with Crippen LogP contribution in [-0.4, -0.2) is 75.0 Å². The number of amides is 2. The highest BCUT2D eigenvalue weighted by molar-refractivity contribution is 6.04. The van der Waals surface area contributed by atoms with Gasteiger partial charge in [0, 0.05) is 30.7 Å². The van der Waals surface area contributed by atoms with E-state index in [0.717, 1.165) is 61.2 Å². The molecule has 0 aliphatic carbocycles. The average molecular weight is 491 g/mol. The second kappa shape index (κ2) is 10.7. The van der Waals surface area contributed by atoms with Gasteiger partial charge in [-0.2, -0.15) is 5.10 Å². The lowest BCUT2D eigenvalue weighted by Crippen LogP contribution is -2.45. The van der Waals surface area contributed by atoms with Crippen molar-refractivity contribution < 1.29 is 14.0 Å². The number of likely N-dealkylation sites (tertiary alicyclic amines) is 2. The molecule has 11 nitrogen and oxygen atoms in total. The Morgan fingerprint density at radius 2 is 1.94 bits per heavy atom. The molecule has 11 heteroatoms. The summed E-state index contributed by atoms with van der Waals surface area (Å²) in [5.41, 5.74) is 1.55. The van der Waals surface area contributed by atoms with Crippen molar-refractivity contribution in [1.29, 1.82) is 0 Å². The number of furan rings is 1. The van der Waals surface area contributed by atoms with Crippen molar-refractivity contribution in [3.05, 3.63) is 42.4 Å². The number of benzene rings is 1. The molecule has 2 saturated heterocycles. The van der Waals surface area contributed by atoms with Crippen LogP contribution in [0, 0.1) is 6.92 Å². The summed E-state index contributed by atoms with van der Waals surface area (Å²) in [6.45, 7) is 4.10. The van der Waals surface area contributed by atoms with Crippen molar-refractivity contribution in [2.75, 3.05) is 36.8 Å². The normalized spacial score (nSPS) is 19.0. The van der Waals surface area contributed by atoms with E-state index >= 15 is 0 Å². The lowest BCUT2D eigenvalue weighted by atomic mass is 10.1. The van der Waals surface area contributed by atoms with Crippen LogP contribution in [0.15, 0.2) is 46.1 Å². The first kappa shape index (κ1) is 23.7. The Morgan fingerprint density at radius 1 is 1.11 bits per heavy atom. The fourth-order valence-electron chi connectivity index (χ4n) is 4.64. The highest BCUT2D eigenvalue weighted by Gasteiger charge is 2.30. The van der Waals surface area contributed by atoms with Gasteiger partial charge >= 0.3 is 0 Å². The summed E-state index contributed by atoms with van der Waals surface area (Å²) in [4.78, 5) is 38.6. The maximum atomic E-state index is 13.5. The molecule has 0 radical (unpaired) electrons. The van der Waals surface area contributed by atoms with Crippen LogP contribution < -0.4 is 10.6 Å². The number of anilines is 2. The SMILES string of the molecule is Cc1cc2cc(NC(=NC3CCCCN(CC(=O)N4CCCC4)C3=O)Nc3nccnn3)ccc2o1. The van der Waals surface area contributed by atoms with E-state index in [9.17, 15) is 9.59 Å². The van der Waals surface area contributed by atoms with Crippen LogP contribution in [0.2, 0.25) is 0 Å². The third-order valence-electron chi connectivity index (χ3n) is 6.44. The van der Waals surface area contributed by atoms with Gasteiger partial charge in [0.1, 0.15) is 17.4 Å². The number of carbonyl (C=O) groups excluding carboxylic acids is 2. The maximum absolute atomic E-state index is 13.5. The first-order valence-corrected chi connectivity index (χ1v) is 12.4. The number of hydrogen-bond acceptors (Lipinski definition) is 7. The monoisotopic (exact) mass is 490 g/mol. The number of fused-ring (bicyclic) bond motifs is 1. The Balaban J connectivity index is 1.38. The van der Waals surface area contributed by atoms with Gasteiger partial charge in [-0.05, 0) is 63.3 Å². The second-order valence-electron chi connectivity index (χ2n) is 9.16. The van der Waals surface area contributed by atoms with E-state index in [4.69, 9.17) is 9.41 Å². The molecule has 2 aliphatic heterocycles. The lowest BCUT2D eigenvalue weighted by molar-refractivity contribution is -0.140. The molecule has 0 saturated carbocycles. The molecule has 36 heavy (non-hydrogen) atoms. The number of aliphatic imine (C=N–C) groups is 1. The van der Waals surface area contributed by atoms with Crippen molar-refractivity contribution in [3.8, 4) is 0 Å². The number of carbonyl (C=O) groups is 2. The molecule has 2 aliphatic rings. The highest BCUT2D eigenvalue weighted by atomic mass is 16.3. The molecular weight excluding hydrogens is 460 g/mol. The third kappa shape index (κ3) is 5.61. The smallest absolute Gasteiger partial charge is 0.249 e. The molecule has 0 spiro atoms. The minimum absolute atomic E-state index is 0.00872. The summed E-state index contributed by atoms with van der Waals surface area (Å²) >= 11 is 0. The number of nitrogens with zero attached hydrogens (tertiary/aromatic N) is 6. The molecule has 188 valence electrons. The van der Waals surface area contributed by atoms with Crippen molar-refractivity contribution >= 4 is 40.4 Å². The van der Waals surface area contributed by atoms with Gasteiger partial charge < -0.3 is 19.5 Å². The van der Waals surface area contributed by atoms with Gasteiger partial charge in [-0.15, -0.1) is 5.10 Å². The Hall–Kier alpha value is -4.02. The van der Waals surface area contributed by atoms with E-state index in [2.05, 4.69) is 25.8 Å². The van der Waals surface area contributed by atoms with Crippen LogP contribution in [0.25, 0.3) is 11.0 Å². The average Bonchev–Trinajstić information content (AvgIpc) is 3.50. The van der Waals surface area contributed by atoms with E-state index < -0.39 is 6.04 Å². The van der Waals surface area contributed by atoms with Crippen LogP contribution in [0.3, 0.4) is 0 Å². The Bertz CT molecular complexity index is 1250. The minimum atomic E-state index is -0.634.